The Labute approximate surface area is 619 Å². The normalized spacial score (nSPS) is 25.8. The Morgan fingerprint density at radius 2 is 1.06 bits per heavy atom. The Morgan fingerprint density at radius 1 is 0.538 bits per heavy atom. The van der Waals surface area contributed by atoms with Crippen LogP contribution in [0.3, 0.4) is 0 Å². The molecule has 3 aromatic carbocycles. The number of ketones is 1. The van der Waals surface area contributed by atoms with Crippen LogP contribution in [0, 0.1) is 23.7 Å². The molecule has 12 atom stereocenters. The number of likely N-dealkylation sites (N-methyl/N-ethyl adjacent to an activating group) is 5. The number of rotatable bonds is 15. The molecule has 6 rings (SSSR count). The predicted octanol–water partition coefficient (Wildman–Crippen LogP) is 5.39. The zero-order chi connectivity index (χ0) is 77.2. The maximum atomic E-state index is 15.8. The molecule has 0 aromatic heterocycles. The lowest BCUT2D eigenvalue weighted by Gasteiger charge is -2.40. The molecule has 3 aliphatic rings. The van der Waals surface area contributed by atoms with E-state index in [9.17, 15) is 19.5 Å². The fourth-order valence-corrected chi connectivity index (χ4v) is 14.1. The number of benzene rings is 3. The van der Waals surface area contributed by atoms with Crippen LogP contribution in [0.1, 0.15) is 151 Å². The first-order chi connectivity index (χ1) is 48.9. The molecule has 3 heterocycles. The van der Waals surface area contributed by atoms with Gasteiger partial charge in [-0.05, 0) is 119 Å². The largest absolute Gasteiger partial charge is 0.391 e. The summed E-state index contributed by atoms with van der Waals surface area (Å²) < 4.78 is 6.17. The number of carbonyl (C=O) groups is 12. The van der Waals surface area contributed by atoms with Crippen molar-refractivity contribution in [3.05, 3.63) is 107 Å². The molecular formula is C78H114ClN11O14. The van der Waals surface area contributed by atoms with E-state index in [4.69, 9.17) is 16.3 Å². The van der Waals surface area contributed by atoms with E-state index in [1.165, 1.54) is 73.6 Å². The molecule has 3 saturated heterocycles. The SMILES string of the molecule is CC(C)C[C@H]1C(=O)N[C@@H]([C@@H](C)O)C(=O)C(C)CC(=O)N(C)[C@@H](C(C)C)C(=O)N[C@@H](Cc2ccccc2)C(=O)N(C)[C@@H](Cc2cccc(Cl)c2)C(=O)N(C)[C@@H](CC(C)C)C(=O)N(C)[C@H](C(=O)N2CCCCC2)CC(=O)N2CCC[C@H]2C(=O)N[C@@H](Cc2ccccc2)C(=O)N[C@@H](COC(C)(C)C)C(=O)N1C. The molecule has 3 aliphatic heterocycles. The molecule has 0 bridgehead atoms. The van der Waals surface area contributed by atoms with Crippen molar-refractivity contribution in [2.75, 3.05) is 61.5 Å². The number of piperidine rings is 1. The zero-order valence-corrected chi connectivity index (χ0v) is 64.6. The van der Waals surface area contributed by atoms with E-state index in [0.717, 1.165) is 11.3 Å². The van der Waals surface area contributed by atoms with Gasteiger partial charge in [0.05, 0.1) is 24.7 Å². The van der Waals surface area contributed by atoms with Crippen LogP contribution >= 0.6 is 11.6 Å². The summed E-state index contributed by atoms with van der Waals surface area (Å²) in [6, 6.07) is 10.7. The summed E-state index contributed by atoms with van der Waals surface area (Å²) in [6.45, 7) is 19.2. The van der Waals surface area contributed by atoms with Crippen molar-refractivity contribution in [2.45, 2.75) is 225 Å². The summed E-state index contributed by atoms with van der Waals surface area (Å²) in [6.07, 6.45) is -0.0957. The number of likely N-dealkylation sites (tertiary alicyclic amines) is 1. The minimum absolute atomic E-state index is 0.0297. The number of amides is 11. The monoisotopic (exact) mass is 1460 g/mol. The van der Waals surface area contributed by atoms with Gasteiger partial charge in [-0.1, -0.05) is 133 Å². The van der Waals surface area contributed by atoms with Crippen LogP contribution in [0.15, 0.2) is 84.9 Å². The molecule has 104 heavy (non-hydrogen) atoms. The highest BCUT2D eigenvalue weighted by Crippen LogP contribution is 2.27. The average molecular weight is 1470 g/mol. The number of halogens is 1. The van der Waals surface area contributed by atoms with E-state index in [2.05, 4.69) is 21.3 Å². The summed E-state index contributed by atoms with van der Waals surface area (Å²) in [5.41, 5.74) is 0.938. The summed E-state index contributed by atoms with van der Waals surface area (Å²) in [5, 5.41) is 23.0. The van der Waals surface area contributed by atoms with Gasteiger partial charge in [-0.25, -0.2) is 0 Å². The minimum Gasteiger partial charge on any atom is -0.391 e. The lowest BCUT2D eigenvalue weighted by atomic mass is 9.92. The van der Waals surface area contributed by atoms with Gasteiger partial charge in [0.15, 0.2) is 5.78 Å². The summed E-state index contributed by atoms with van der Waals surface area (Å²) in [4.78, 5) is 191. The van der Waals surface area contributed by atoms with Crippen LogP contribution in [0.2, 0.25) is 5.02 Å². The quantitative estimate of drug-likeness (QED) is 0.128. The van der Waals surface area contributed by atoms with Crippen molar-refractivity contribution >= 4 is 82.4 Å². The molecule has 0 spiro atoms. The molecule has 0 radical (unpaired) electrons. The summed E-state index contributed by atoms with van der Waals surface area (Å²) in [5.74, 6) is -10.8. The fraction of sp³-hybridized carbons (Fsp3) is 0.615. The third-order valence-corrected chi connectivity index (χ3v) is 20.1. The van der Waals surface area contributed by atoms with Crippen LogP contribution in [0.4, 0.5) is 0 Å². The van der Waals surface area contributed by atoms with Crippen LogP contribution in [0.5, 0.6) is 0 Å². The van der Waals surface area contributed by atoms with Gasteiger partial charge in [-0.15, -0.1) is 0 Å². The standard InChI is InChI=1S/C78H114ClN11O14/c1-47(2)38-60-71(97)83-66(51(8)91)68(94)50(7)40-64(92)88(16)67(49(5)6)72(98)81-57(43-53-30-22-18-23-31-53)73(99)85(13)62(44-54-32-26-33-55(79)41-54)76(102)86(14)61(39-48(3)4)75(101)87(15)63(77(103)89-35-24-19-25-36-89)45-65(93)90-37-27-34-59(90)70(96)80-56(42-52-28-20-17-21-29-52)69(95)82-58(74(100)84(60)12)46-104-78(9,10)11/h17-18,20-23,26,28-33,41,47-51,56-63,66-67,91H,19,24-25,27,34-40,42-46H2,1-16H3,(H,80,96)(H,81,98)(H,82,95)(H,83,97)/t50?,51-,56+,57+,58+,59+,60+,61+,62+,63+,66+,67+/m1/s1. The smallest absolute Gasteiger partial charge is 0.247 e. The van der Waals surface area contributed by atoms with Crippen molar-refractivity contribution in [3.8, 4) is 0 Å². The van der Waals surface area contributed by atoms with Crippen LogP contribution < -0.4 is 21.3 Å². The maximum Gasteiger partial charge on any atom is 0.247 e. The molecule has 0 saturated carbocycles. The number of aliphatic hydroxyl groups is 1. The van der Waals surface area contributed by atoms with Crippen molar-refractivity contribution in [1.29, 1.82) is 0 Å². The van der Waals surface area contributed by atoms with Crippen LogP contribution in [-0.2, 0) is 81.5 Å². The lowest BCUT2D eigenvalue weighted by molar-refractivity contribution is -0.155. The highest BCUT2D eigenvalue weighted by molar-refractivity contribution is 6.30. The Balaban J connectivity index is 1.51. The molecule has 5 N–H and O–H groups in total. The summed E-state index contributed by atoms with van der Waals surface area (Å²) in [7, 11) is 7.06. The van der Waals surface area contributed by atoms with Gasteiger partial charge >= 0.3 is 0 Å². The zero-order valence-electron chi connectivity index (χ0n) is 63.8. The Morgan fingerprint density at radius 3 is 1.62 bits per heavy atom. The molecule has 25 nitrogen and oxygen atoms in total. The third kappa shape index (κ3) is 23.4. The Kier molecular flexibility index (Phi) is 31.4. The number of fused-ring (bicyclic) bond motifs is 1. The number of ether oxygens (including phenoxy) is 1. The number of hydrogen-bond acceptors (Lipinski definition) is 14. The van der Waals surface area contributed by atoms with Crippen molar-refractivity contribution in [2.24, 2.45) is 23.7 Å². The fourth-order valence-electron chi connectivity index (χ4n) is 13.9. The molecule has 3 fully saturated rings. The topological polar surface area (TPSA) is 305 Å². The first-order valence-electron chi connectivity index (χ1n) is 36.7. The van der Waals surface area contributed by atoms with E-state index in [-0.39, 0.29) is 56.9 Å². The Hall–Kier alpha value is -8.29. The van der Waals surface area contributed by atoms with Crippen molar-refractivity contribution < 1.29 is 67.4 Å². The van der Waals surface area contributed by atoms with E-state index in [0.29, 0.717) is 54.1 Å². The second-order valence-electron chi connectivity index (χ2n) is 30.7. The van der Waals surface area contributed by atoms with E-state index >= 15 is 43.2 Å². The number of nitrogens with zero attached hydrogens (tertiary/aromatic N) is 7. The second-order valence-corrected chi connectivity index (χ2v) is 31.1. The van der Waals surface area contributed by atoms with Crippen LogP contribution in [-0.4, -0.2) is 244 Å². The Bertz CT molecular complexity index is 3470. The van der Waals surface area contributed by atoms with E-state index in [1.807, 2.05) is 27.7 Å². The molecule has 0 aliphatic carbocycles. The van der Waals surface area contributed by atoms with Gasteiger partial charge in [-0.3, -0.25) is 57.5 Å². The predicted molar refractivity (Wildman–Crippen MR) is 396 cm³/mol. The number of carbonyl (C=O) groups excluding carboxylic acids is 12. The molecule has 572 valence electrons. The highest BCUT2D eigenvalue weighted by atomic mass is 35.5. The number of nitrogens with one attached hydrogen (secondary N) is 4. The number of hydrogen-bond donors (Lipinski definition) is 5. The molecular weight excluding hydrogens is 1350 g/mol. The van der Waals surface area contributed by atoms with Gasteiger partial charge in [0, 0.05) is 91.5 Å². The van der Waals surface area contributed by atoms with Crippen molar-refractivity contribution in [3.63, 3.8) is 0 Å². The first kappa shape index (κ1) is 84.6. The van der Waals surface area contributed by atoms with Gasteiger partial charge < -0.3 is 65.4 Å². The maximum absolute atomic E-state index is 15.8. The van der Waals surface area contributed by atoms with Gasteiger partial charge in [0.1, 0.15) is 60.4 Å². The summed E-state index contributed by atoms with van der Waals surface area (Å²) >= 11 is 6.57. The minimum atomic E-state index is -1.61. The molecule has 1 unspecified atom stereocenters. The van der Waals surface area contributed by atoms with Gasteiger partial charge in [-0.2, -0.15) is 0 Å². The highest BCUT2D eigenvalue weighted by Gasteiger charge is 2.46. The van der Waals surface area contributed by atoms with Crippen molar-refractivity contribution in [1.82, 2.24) is 55.6 Å². The molecule has 3 aromatic rings. The third-order valence-electron chi connectivity index (χ3n) is 19.9. The first-order valence-corrected chi connectivity index (χ1v) is 37.1. The molecule has 11 amide bonds. The van der Waals surface area contributed by atoms with Crippen LogP contribution in [0.25, 0.3) is 0 Å². The van der Waals surface area contributed by atoms with E-state index in [1.54, 1.807) is 124 Å². The lowest BCUT2D eigenvalue weighted by Crippen LogP contribution is -2.62. The number of Topliss-reactive ketones (excluding diaryl/α,β-unsaturated/α-hetero) is 1. The molecule has 26 heteroatoms. The van der Waals surface area contributed by atoms with Gasteiger partial charge in [0.25, 0.3) is 0 Å². The average Bonchev–Trinajstić information content (AvgIpc) is 1.28. The number of aliphatic hydroxyl groups excluding tert-OH is 1. The second kappa shape index (κ2) is 38.6. The van der Waals surface area contributed by atoms with E-state index < -0.39 is 174 Å². The van der Waals surface area contributed by atoms with Gasteiger partial charge in [0.2, 0.25) is 65.0 Å².